The molecule has 3 atom stereocenters. The second-order valence-corrected chi connectivity index (χ2v) is 5.67. The van der Waals surface area contributed by atoms with Crippen LogP contribution in [0.3, 0.4) is 0 Å². The van der Waals surface area contributed by atoms with Gasteiger partial charge in [0.25, 0.3) is 0 Å². The highest BCUT2D eigenvalue weighted by Crippen LogP contribution is 2.30. The molecular formula is C14H25N3O. The van der Waals surface area contributed by atoms with E-state index in [-0.39, 0.29) is 0 Å². The summed E-state index contributed by atoms with van der Waals surface area (Å²) in [4.78, 5) is 2.55. The quantitative estimate of drug-likeness (QED) is 0.807. The second-order valence-electron chi connectivity index (χ2n) is 5.67. The van der Waals surface area contributed by atoms with Gasteiger partial charge in [0.2, 0.25) is 0 Å². The van der Waals surface area contributed by atoms with Crippen LogP contribution in [0.5, 0.6) is 0 Å². The molecule has 1 heterocycles. The highest BCUT2D eigenvalue weighted by Gasteiger charge is 2.35. The van der Waals surface area contributed by atoms with E-state index in [2.05, 4.69) is 11.0 Å². The Balaban J connectivity index is 1.78. The first-order valence-electron chi connectivity index (χ1n) is 7.24. The largest absolute Gasteiger partial charge is 0.375 e. The third kappa shape index (κ3) is 3.03. The van der Waals surface area contributed by atoms with Crippen molar-refractivity contribution < 1.29 is 4.74 Å². The molecular weight excluding hydrogens is 226 g/mol. The molecule has 4 heteroatoms. The number of ether oxygens (including phenoxy) is 1. The lowest BCUT2D eigenvalue weighted by atomic mass is 9.93. The number of morpholine rings is 1. The minimum Gasteiger partial charge on any atom is -0.375 e. The monoisotopic (exact) mass is 251 g/mol. The molecule has 3 unspecified atom stereocenters. The molecule has 18 heavy (non-hydrogen) atoms. The summed E-state index contributed by atoms with van der Waals surface area (Å²) in [7, 11) is 0. The van der Waals surface area contributed by atoms with Gasteiger partial charge in [-0.15, -0.1) is 0 Å². The minimum absolute atomic E-state index is 0.462. The van der Waals surface area contributed by atoms with Gasteiger partial charge in [0.15, 0.2) is 0 Å². The van der Waals surface area contributed by atoms with Crippen LogP contribution in [0.4, 0.5) is 0 Å². The lowest BCUT2D eigenvalue weighted by molar-refractivity contribution is -0.0560. The number of nitrogens with zero attached hydrogens (tertiary/aromatic N) is 2. The predicted octanol–water partition coefficient (Wildman–Crippen LogP) is 1.65. The van der Waals surface area contributed by atoms with Crippen LogP contribution in [-0.4, -0.2) is 42.3 Å². The predicted molar refractivity (Wildman–Crippen MR) is 71.0 cm³/mol. The van der Waals surface area contributed by atoms with Gasteiger partial charge >= 0.3 is 0 Å². The summed E-state index contributed by atoms with van der Waals surface area (Å²) in [5, 5.41) is 9.06. The first-order chi connectivity index (χ1) is 8.68. The third-order valence-corrected chi connectivity index (χ3v) is 4.52. The van der Waals surface area contributed by atoms with Gasteiger partial charge in [-0.25, -0.2) is 0 Å². The summed E-state index contributed by atoms with van der Waals surface area (Å²) < 4.78 is 5.80. The van der Waals surface area contributed by atoms with Crippen molar-refractivity contribution in [2.45, 2.75) is 63.1 Å². The molecule has 2 N–H and O–H groups in total. The van der Waals surface area contributed by atoms with Gasteiger partial charge in [-0.3, -0.25) is 4.90 Å². The average molecular weight is 251 g/mol. The van der Waals surface area contributed by atoms with E-state index in [0.29, 0.717) is 12.1 Å². The fourth-order valence-electron chi connectivity index (χ4n) is 3.19. The molecule has 0 aromatic carbocycles. The Morgan fingerprint density at radius 3 is 3.06 bits per heavy atom. The van der Waals surface area contributed by atoms with Gasteiger partial charge in [-0.1, -0.05) is 6.92 Å². The van der Waals surface area contributed by atoms with E-state index in [1.54, 1.807) is 0 Å². The normalized spacial score (nSPS) is 31.6. The lowest BCUT2D eigenvalue weighted by Gasteiger charge is -2.38. The lowest BCUT2D eigenvalue weighted by Crippen LogP contribution is -2.49. The van der Waals surface area contributed by atoms with Crippen LogP contribution in [0.25, 0.3) is 0 Å². The zero-order valence-electron chi connectivity index (χ0n) is 11.4. The van der Waals surface area contributed by atoms with Crippen LogP contribution >= 0.6 is 0 Å². The summed E-state index contributed by atoms with van der Waals surface area (Å²) in [6.45, 7) is 4.95. The number of nitriles is 1. The van der Waals surface area contributed by atoms with Gasteiger partial charge in [-0.2, -0.15) is 5.26 Å². The van der Waals surface area contributed by atoms with Crippen molar-refractivity contribution in [3.8, 4) is 6.07 Å². The van der Waals surface area contributed by atoms with Crippen LogP contribution in [0, 0.1) is 11.3 Å². The second kappa shape index (κ2) is 6.01. The molecule has 0 aromatic rings. The molecule has 2 fully saturated rings. The SMILES string of the molecule is CCC(N)(C#N)CCCN1CCOC2CCCC21. The van der Waals surface area contributed by atoms with Gasteiger partial charge in [-0.05, 0) is 45.1 Å². The summed E-state index contributed by atoms with van der Waals surface area (Å²) in [5.74, 6) is 0. The summed E-state index contributed by atoms with van der Waals surface area (Å²) in [6.07, 6.45) is 6.79. The molecule has 0 amide bonds. The highest BCUT2D eigenvalue weighted by atomic mass is 16.5. The third-order valence-electron chi connectivity index (χ3n) is 4.52. The van der Waals surface area contributed by atoms with Gasteiger partial charge in [0.05, 0.1) is 18.8 Å². The number of hydrogen-bond acceptors (Lipinski definition) is 4. The Kier molecular flexibility index (Phi) is 4.60. The van der Waals surface area contributed by atoms with E-state index < -0.39 is 5.54 Å². The van der Waals surface area contributed by atoms with Gasteiger partial charge in [0, 0.05) is 12.6 Å². The van der Waals surface area contributed by atoms with Crippen LogP contribution in [0.15, 0.2) is 0 Å². The topological polar surface area (TPSA) is 62.3 Å². The van der Waals surface area contributed by atoms with Crippen molar-refractivity contribution >= 4 is 0 Å². The van der Waals surface area contributed by atoms with E-state index in [1.807, 2.05) is 6.92 Å². The molecule has 0 bridgehead atoms. The standard InChI is InChI=1S/C14H25N3O/c1-2-14(16,11-15)7-4-8-17-9-10-18-13-6-3-5-12(13)17/h12-13H,2-10,16H2,1H3. The van der Waals surface area contributed by atoms with Crippen molar-refractivity contribution in [1.82, 2.24) is 4.90 Å². The number of fused-ring (bicyclic) bond motifs is 1. The Hall–Kier alpha value is -0.630. The molecule has 1 saturated heterocycles. The summed E-state index contributed by atoms with van der Waals surface area (Å²) >= 11 is 0. The molecule has 1 aliphatic carbocycles. The van der Waals surface area contributed by atoms with Crippen molar-refractivity contribution in [1.29, 1.82) is 5.26 Å². The Bertz CT molecular complexity index is 315. The molecule has 0 radical (unpaired) electrons. The zero-order valence-corrected chi connectivity index (χ0v) is 11.4. The van der Waals surface area contributed by atoms with Gasteiger partial charge in [0.1, 0.15) is 5.54 Å². The Morgan fingerprint density at radius 1 is 1.50 bits per heavy atom. The fraction of sp³-hybridized carbons (Fsp3) is 0.929. The molecule has 2 aliphatic rings. The maximum Gasteiger partial charge on any atom is 0.104 e. The summed E-state index contributed by atoms with van der Waals surface area (Å²) in [5.41, 5.74) is 5.39. The van der Waals surface area contributed by atoms with Crippen LogP contribution in [-0.2, 0) is 4.74 Å². The van der Waals surface area contributed by atoms with Crippen LogP contribution in [0.1, 0.15) is 45.4 Å². The van der Waals surface area contributed by atoms with Crippen molar-refractivity contribution in [2.75, 3.05) is 19.7 Å². The first kappa shape index (κ1) is 13.8. The molecule has 4 nitrogen and oxygen atoms in total. The molecule has 2 rings (SSSR count). The van der Waals surface area contributed by atoms with Crippen molar-refractivity contribution in [2.24, 2.45) is 5.73 Å². The summed E-state index contributed by atoms with van der Waals surface area (Å²) in [6, 6.07) is 2.87. The molecule has 1 aliphatic heterocycles. The van der Waals surface area contributed by atoms with Crippen LogP contribution in [0.2, 0.25) is 0 Å². The number of hydrogen-bond donors (Lipinski definition) is 1. The maximum absolute atomic E-state index is 9.06. The fourth-order valence-corrected chi connectivity index (χ4v) is 3.19. The smallest absolute Gasteiger partial charge is 0.104 e. The number of rotatable bonds is 5. The molecule has 102 valence electrons. The Labute approximate surface area is 110 Å². The van der Waals surface area contributed by atoms with E-state index in [4.69, 9.17) is 15.7 Å². The van der Waals surface area contributed by atoms with E-state index in [0.717, 1.165) is 39.0 Å². The minimum atomic E-state index is -0.624. The molecule has 0 aromatic heterocycles. The Morgan fingerprint density at radius 2 is 2.33 bits per heavy atom. The average Bonchev–Trinajstić information content (AvgIpc) is 2.87. The first-order valence-corrected chi connectivity index (χ1v) is 7.24. The maximum atomic E-state index is 9.06. The highest BCUT2D eigenvalue weighted by molar-refractivity contribution is 5.03. The molecule has 0 spiro atoms. The van der Waals surface area contributed by atoms with Gasteiger partial charge < -0.3 is 10.5 Å². The van der Waals surface area contributed by atoms with Crippen molar-refractivity contribution in [3.05, 3.63) is 0 Å². The van der Waals surface area contributed by atoms with E-state index in [9.17, 15) is 0 Å². The molecule has 1 saturated carbocycles. The van der Waals surface area contributed by atoms with E-state index in [1.165, 1.54) is 19.3 Å². The number of nitrogens with two attached hydrogens (primary N) is 1. The zero-order chi connectivity index (χ0) is 13.0. The van der Waals surface area contributed by atoms with Crippen molar-refractivity contribution in [3.63, 3.8) is 0 Å². The van der Waals surface area contributed by atoms with Crippen LogP contribution < -0.4 is 5.73 Å². The van der Waals surface area contributed by atoms with E-state index >= 15 is 0 Å².